The molecule has 0 aromatic carbocycles. The van der Waals surface area contributed by atoms with E-state index in [9.17, 15) is 4.79 Å². The molecule has 1 amide bonds. The monoisotopic (exact) mass is 446 g/mol. The number of anilines is 2. The van der Waals surface area contributed by atoms with Gasteiger partial charge >= 0.3 is 0 Å². The number of hydrogen-bond acceptors (Lipinski definition) is 7. The lowest BCUT2D eigenvalue weighted by Gasteiger charge is -2.33. The molecule has 33 heavy (non-hydrogen) atoms. The van der Waals surface area contributed by atoms with Gasteiger partial charge in [-0.1, -0.05) is 6.58 Å². The second-order valence-electron chi connectivity index (χ2n) is 8.94. The number of carbonyl (C=O) groups excluding carboxylic acids is 1. The molecular weight excluding hydrogens is 416 g/mol. The number of amides is 1. The van der Waals surface area contributed by atoms with Gasteiger partial charge in [0, 0.05) is 62.9 Å². The van der Waals surface area contributed by atoms with Gasteiger partial charge < -0.3 is 15.1 Å². The van der Waals surface area contributed by atoms with Gasteiger partial charge in [-0.15, -0.1) is 0 Å². The van der Waals surface area contributed by atoms with Crippen LogP contribution in [-0.2, 0) is 4.79 Å². The maximum Gasteiger partial charge on any atom is 0.245 e. The summed E-state index contributed by atoms with van der Waals surface area (Å²) in [7, 11) is 0. The second-order valence-corrected chi connectivity index (χ2v) is 8.94. The summed E-state index contributed by atoms with van der Waals surface area (Å²) >= 11 is 0. The Labute approximate surface area is 193 Å². The van der Waals surface area contributed by atoms with Gasteiger partial charge in [-0.3, -0.25) is 14.2 Å². The van der Waals surface area contributed by atoms with E-state index in [4.69, 9.17) is 9.97 Å². The molecule has 3 aromatic rings. The van der Waals surface area contributed by atoms with Gasteiger partial charge in [0.05, 0.1) is 17.4 Å². The molecule has 0 aliphatic carbocycles. The van der Waals surface area contributed by atoms with Crippen LogP contribution in [0, 0.1) is 6.92 Å². The minimum absolute atomic E-state index is 0.00977. The maximum atomic E-state index is 11.9. The van der Waals surface area contributed by atoms with E-state index in [0.29, 0.717) is 11.9 Å². The molecule has 2 fully saturated rings. The minimum Gasteiger partial charge on any atom is -0.350 e. The zero-order chi connectivity index (χ0) is 22.8. The molecule has 5 heterocycles. The quantitative estimate of drug-likeness (QED) is 0.603. The fourth-order valence-corrected chi connectivity index (χ4v) is 4.91. The molecule has 0 bridgehead atoms. The molecule has 1 atom stereocenters. The van der Waals surface area contributed by atoms with Crippen LogP contribution in [0.2, 0.25) is 0 Å². The van der Waals surface area contributed by atoms with Crippen molar-refractivity contribution in [2.75, 3.05) is 36.4 Å². The van der Waals surface area contributed by atoms with Gasteiger partial charge in [0.2, 0.25) is 17.8 Å². The largest absolute Gasteiger partial charge is 0.350 e. The van der Waals surface area contributed by atoms with Crippen LogP contribution in [0.3, 0.4) is 0 Å². The number of aryl methyl sites for hydroxylation is 1. The third-order valence-corrected chi connectivity index (χ3v) is 6.66. The van der Waals surface area contributed by atoms with Crippen LogP contribution in [0.25, 0.3) is 5.52 Å². The van der Waals surface area contributed by atoms with Crippen LogP contribution in [0.4, 0.5) is 11.9 Å². The van der Waals surface area contributed by atoms with E-state index in [1.807, 2.05) is 42.8 Å². The minimum atomic E-state index is 0.00977. The van der Waals surface area contributed by atoms with E-state index in [0.717, 1.165) is 74.6 Å². The first-order valence-electron chi connectivity index (χ1n) is 11.7. The van der Waals surface area contributed by atoms with Gasteiger partial charge in [-0.2, -0.15) is 0 Å². The summed E-state index contributed by atoms with van der Waals surface area (Å²) < 4.78 is 2.16. The molecule has 0 saturated carbocycles. The van der Waals surface area contributed by atoms with Crippen molar-refractivity contribution < 1.29 is 4.79 Å². The maximum absolute atomic E-state index is 11.9. The lowest BCUT2D eigenvalue weighted by atomic mass is 9.92. The van der Waals surface area contributed by atoms with Crippen molar-refractivity contribution in [1.82, 2.24) is 29.2 Å². The predicted octanol–water partition coefficient (Wildman–Crippen LogP) is 2.80. The molecule has 5 rings (SSSR count). The third kappa shape index (κ3) is 4.40. The standard InChI is InChI=1S/C24H30N8O/c1-3-21(33)30-10-6-18(7-11-30)22-20-15-28-24(32(20)12-8-25-22)31-9-4-5-19(16-31)29-23-26-13-17(2)14-27-23/h3,8,12-15,18-19H,1,4-7,9-11,16H2,2H3,(H,26,27,29)/t19-/m1/s1. The summed E-state index contributed by atoms with van der Waals surface area (Å²) in [6, 6.07) is 0.266. The number of nitrogens with zero attached hydrogens (tertiary/aromatic N) is 7. The van der Waals surface area contributed by atoms with Crippen molar-refractivity contribution >= 4 is 23.3 Å². The fourth-order valence-electron chi connectivity index (χ4n) is 4.91. The number of likely N-dealkylation sites (tertiary alicyclic amines) is 1. The Morgan fingerprint density at radius 3 is 2.64 bits per heavy atom. The zero-order valence-electron chi connectivity index (χ0n) is 19.0. The Balaban J connectivity index is 1.32. The number of rotatable bonds is 5. The Kier molecular flexibility index (Phi) is 5.93. The van der Waals surface area contributed by atoms with Gasteiger partial charge in [-0.05, 0) is 44.2 Å². The number of nitrogens with one attached hydrogen (secondary N) is 1. The van der Waals surface area contributed by atoms with Gasteiger partial charge in [0.15, 0.2) is 0 Å². The van der Waals surface area contributed by atoms with Gasteiger partial charge in [0.25, 0.3) is 0 Å². The molecular formula is C24H30N8O. The highest BCUT2D eigenvalue weighted by molar-refractivity contribution is 5.87. The Morgan fingerprint density at radius 1 is 1.09 bits per heavy atom. The molecule has 2 saturated heterocycles. The van der Waals surface area contributed by atoms with E-state index in [1.54, 1.807) is 0 Å². The van der Waals surface area contributed by atoms with Crippen LogP contribution in [0.15, 0.2) is 43.6 Å². The predicted molar refractivity (Wildman–Crippen MR) is 127 cm³/mol. The topological polar surface area (TPSA) is 91.6 Å². The first-order valence-corrected chi connectivity index (χ1v) is 11.7. The fraction of sp³-hybridized carbons (Fsp3) is 0.458. The summed E-state index contributed by atoms with van der Waals surface area (Å²) in [6.45, 7) is 8.87. The molecule has 0 unspecified atom stereocenters. The Hall–Kier alpha value is -3.49. The normalized spacial score (nSPS) is 19.6. The van der Waals surface area contributed by atoms with Crippen molar-refractivity contribution in [1.29, 1.82) is 0 Å². The van der Waals surface area contributed by atoms with Crippen LogP contribution in [0.5, 0.6) is 0 Å². The molecule has 0 spiro atoms. The number of hydrogen-bond donors (Lipinski definition) is 1. The summed E-state index contributed by atoms with van der Waals surface area (Å²) in [5.41, 5.74) is 3.18. The van der Waals surface area contributed by atoms with E-state index >= 15 is 0 Å². The molecule has 3 aromatic heterocycles. The third-order valence-electron chi connectivity index (χ3n) is 6.66. The number of fused-ring (bicyclic) bond motifs is 1. The zero-order valence-corrected chi connectivity index (χ0v) is 19.0. The summed E-state index contributed by atoms with van der Waals surface area (Å²) in [5.74, 6) is 1.95. The highest BCUT2D eigenvalue weighted by atomic mass is 16.2. The second kappa shape index (κ2) is 9.17. The van der Waals surface area contributed by atoms with Crippen molar-refractivity contribution in [3.8, 4) is 0 Å². The summed E-state index contributed by atoms with van der Waals surface area (Å²) in [6.07, 6.45) is 14.8. The molecule has 9 nitrogen and oxygen atoms in total. The number of imidazole rings is 1. The lowest BCUT2D eigenvalue weighted by Crippen LogP contribution is -2.43. The summed E-state index contributed by atoms with van der Waals surface area (Å²) in [4.78, 5) is 34.4. The van der Waals surface area contributed by atoms with Crippen molar-refractivity contribution in [2.24, 2.45) is 0 Å². The molecule has 0 radical (unpaired) electrons. The van der Waals surface area contributed by atoms with Crippen molar-refractivity contribution in [2.45, 2.75) is 44.6 Å². The first kappa shape index (κ1) is 21.4. The van der Waals surface area contributed by atoms with Gasteiger partial charge in [-0.25, -0.2) is 15.0 Å². The van der Waals surface area contributed by atoms with Crippen LogP contribution < -0.4 is 10.2 Å². The smallest absolute Gasteiger partial charge is 0.245 e. The summed E-state index contributed by atoms with van der Waals surface area (Å²) in [5, 5.41) is 3.48. The molecule has 1 N–H and O–H groups in total. The average Bonchev–Trinajstić information content (AvgIpc) is 3.30. The Morgan fingerprint density at radius 2 is 1.88 bits per heavy atom. The molecule has 9 heteroatoms. The molecule has 2 aliphatic heterocycles. The molecule has 2 aliphatic rings. The molecule has 172 valence electrons. The van der Waals surface area contributed by atoms with Gasteiger partial charge in [0.1, 0.15) is 0 Å². The van der Waals surface area contributed by atoms with E-state index in [2.05, 4.69) is 31.2 Å². The first-order chi connectivity index (χ1) is 16.1. The van der Waals surface area contributed by atoms with Crippen molar-refractivity contribution in [3.05, 3.63) is 54.9 Å². The lowest BCUT2D eigenvalue weighted by molar-refractivity contribution is -0.127. The van der Waals surface area contributed by atoms with E-state index in [1.165, 1.54) is 6.08 Å². The van der Waals surface area contributed by atoms with Crippen LogP contribution in [0.1, 0.15) is 42.9 Å². The average molecular weight is 447 g/mol. The number of aromatic nitrogens is 5. The van der Waals surface area contributed by atoms with Crippen molar-refractivity contribution in [3.63, 3.8) is 0 Å². The number of piperidine rings is 2. The Bertz CT molecular complexity index is 1130. The number of carbonyl (C=O) groups is 1. The highest BCUT2D eigenvalue weighted by Crippen LogP contribution is 2.31. The van der Waals surface area contributed by atoms with Crippen LogP contribution >= 0.6 is 0 Å². The van der Waals surface area contributed by atoms with Crippen LogP contribution in [-0.4, -0.2) is 67.4 Å². The highest BCUT2D eigenvalue weighted by Gasteiger charge is 2.27. The van der Waals surface area contributed by atoms with E-state index < -0.39 is 0 Å². The SMILES string of the molecule is C=CC(=O)N1CCC(c2nccn3c(N4CCC[C@@H](Nc5ncc(C)cn5)C4)ncc23)CC1. The van der Waals surface area contributed by atoms with E-state index in [-0.39, 0.29) is 11.9 Å².